The smallest absolute Gasteiger partial charge is 0.270 e. The van der Waals surface area contributed by atoms with E-state index in [1.165, 1.54) is 6.07 Å². The number of non-ortho nitro benzene ring substituents is 1. The number of aryl methyl sites for hydroxylation is 2. The highest BCUT2D eigenvalue weighted by Gasteiger charge is 2.12. The third kappa shape index (κ3) is 1.82. The van der Waals surface area contributed by atoms with E-state index in [2.05, 4.69) is 5.43 Å². The van der Waals surface area contributed by atoms with Crippen molar-refractivity contribution in [2.45, 2.75) is 20.3 Å². The lowest BCUT2D eigenvalue weighted by molar-refractivity contribution is -0.384. The van der Waals surface area contributed by atoms with Crippen LogP contribution in [0.15, 0.2) is 12.1 Å². The van der Waals surface area contributed by atoms with Crippen LogP contribution in [-0.4, -0.2) is 4.92 Å². The minimum absolute atomic E-state index is 0.110. The predicted molar refractivity (Wildman–Crippen MR) is 55.0 cm³/mol. The molecule has 76 valence electrons. The minimum atomic E-state index is -0.396. The molecule has 0 saturated heterocycles. The molecule has 5 nitrogen and oxygen atoms in total. The maximum Gasteiger partial charge on any atom is 0.270 e. The highest BCUT2D eigenvalue weighted by Crippen LogP contribution is 2.26. The lowest BCUT2D eigenvalue weighted by Gasteiger charge is -2.09. The SMILES string of the molecule is CCc1cc([N+](=O)[O-])cc(C)c1NN. The molecule has 0 spiro atoms. The number of benzene rings is 1. The van der Waals surface area contributed by atoms with Gasteiger partial charge >= 0.3 is 0 Å². The summed E-state index contributed by atoms with van der Waals surface area (Å²) >= 11 is 0. The summed E-state index contributed by atoms with van der Waals surface area (Å²) in [4.78, 5) is 10.2. The van der Waals surface area contributed by atoms with Crippen molar-refractivity contribution >= 4 is 11.4 Å². The molecule has 14 heavy (non-hydrogen) atoms. The van der Waals surface area contributed by atoms with Gasteiger partial charge in [0.1, 0.15) is 0 Å². The van der Waals surface area contributed by atoms with Crippen LogP contribution in [0.5, 0.6) is 0 Å². The fraction of sp³-hybridized carbons (Fsp3) is 0.333. The Hall–Kier alpha value is -1.62. The van der Waals surface area contributed by atoms with Gasteiger partial charge in [0, 0.05) is 12.1 Å². The van der Waals surface area contributed by atoms with E-state index in [4.69, 9.17) is 5.84 Å². The summed E-state index contributed by atoms with van der Waals surface area (Å²) in [7, 11) is 0. The molecule has 0 fully saturated rings. The summed E-state index contributed by atoms with van der Waals surface area (Å²) in [5.41, 5.74) is 5.09. The molecule has 0 aliphatic heterocycles. The normalized spacial score (nSPS) is 9.93. The summed E-state index contributed by atoms with van der Waals surface area (Å²) in [6.07, 6.45) is 0.710. The van der Waals surface area contributed by atoms with Crippen molar-refractivity contribution < 1.29 is 4.92 Å². The van der Waals surface area contributed by atoms with E-state index in [0.29, 0.717) is 6.42 Å². The third-order valence-electron chi connectivity index (χ3n) is 2.14. The number of nitrogens with one attached hydrogen (secondary N) is 1. The first kappa shape index (κ1) is 10.5. The first-order valence-electron chi connectivity index (χ1n) is 4.34. The first-order chi connectivity index (χ1) is 6.60. The Labute approximate surface area is 82.0 Å². The van der Waals surface area contributed by atoms with Gasteiger partial charge in [0.25, 0.3) is 5.69 Å². The molecule has 0 saturated carbocycles. The third-order valence-corrected chi connectivity index (χ3v) is 2.14. The van der Waals surface area contributed by atoms with Crippen LogP contribution < -0.4 is 11.3 Å². The van der Waals surface area contributed by atoms with E-state index in [0.717, 1.165) is 16.8 Å². The monoisotopic (exact) mass is 195 g/mol. The number of nitro benzene ring substituents is 1. The van der Waals surface area contributed by atoms with Crippen LogP contribution in [0.2, 0.25) is 0 Å². The van der Waals surface area contributed by atoms with Crippen molar-refractivity contribution in [3.8, 4) is 0 Å². The van der Waals surface area contributed by atoms with Crippen LogP contribution in [0, 0.1) is 17.0 Å². The molecule has 1 aromatic rings. The van der Waals surface area contributed by atoms with Crippen LogP contribution in [0.25, 0.3) is 0 Å². The van der Waals surface area contributed by atoms with E-state index in [1.807, 2.05) is 6.92 Å². The molecule has 1 aromatic carbocycles. The standard InChI is InChI=1S/C9H13N3O2/c1-3-7-5-8(12(13)14)4-6(2)9(7)11-10/h4-5,11H,3,10H2,1-2H3. The molecule has 0 unspecified atom stereocenters. The number of nitro groups is 1. The lowest BCUT2D eigenvalue weighted by atomic mass is 10.1. The van der Waals surface area contributed by atoms with Gasteiger partial charge in [-0.05, 0) is 24.5 Å². The zero-order valence-electron chi connectivity index (χ0n) is 8.20. The molecule has 3 N–H and O–H groups in total. The molecule has 0 bridgehead atoms. The van der Waals surface area contributed by atoms with Crippen LogP contribution in [0.3, 0.4) is 0 Å². The summed E-state index contributed by atoms with van der Waals surface area (Å²) in [6.45, 7) is 3.72. The zero-order chi connectivity index (χ0) is 10.7. The van der Waals surface area contributed by atoms with E-state index in [9.17, 15) is 10.1 Å². The van der Waals surface area contributed by atoms with Crippen molar-refractivity contribution in [2.75, 3.05) is 5.43 Å². The van der Waals surface area contributed by atoms with Crippen LogP contribution in [0.1, 0.15) is 18.1 Å². The van der Waals surface area contributed by atoms with Crippen molar-refractivity contribution in [3.63, 3.8) is 0 Å². The molecule has 0 atom stereocenters. The number of nitrogens with two attached hydrogens (primary N) is 1. The van der Waals surface area contributed by atoms with Gasteiger partial charge in [0.2, 0.25) is 0 Å². The zero-order valence-corrected chi connectivity index (χ0v) is 8.20. The molecule has 0 aliphatic carbocycles. The van der Waals surface area contributed by atoms with E-state index in [-0.39, 0.29) is 5.69 Å². The van der Waals surface area contributed by atoms with Gasteiger partial charge in [-0.3, -0.25) is 16.0 Å². The lowest BCUT2D eigenvalue weighted by Crippen LogP contribution is -2.11. The van der Waals surface area contributed by atoms with Gasteiger partial charge in [0.05, 0.1) is 10.6 Å². The fourth-order valence-corrected chi connectivity index (χ4v) is 1.43. The van der Waals surface area contributed by atoms with Gasteiger partial charge in [-0.2, -0.15) is 0 Å². The minimum Gasteiger partial charge on any atom is -0.324 e. The largest absolute Gasteiger partial charge is 0.324 e. The number of hydrogen-bond acceptors (Lipinski definition) is 4. The Morgan fingerprint density at radius 3 is 2.64 bits per heavy atom. The molecular formula is C9H13N3O2. The molecule has 0 amide bonds. The Morgan fingerprint density at radius 1 is 1.57 bits per heavy atom. The van der Waals surface area contributed by atoms with Gasteiger partial charge in [-0.15, -0.1) is 0 Å². The number of hydrogen-bond donors (Lipinski definition) is 2. The molecule has 1 rings (SSSR count). The maximum atomic E-state index is 10.6. The molecule has 5 heteroatoms. The first-order valence-corrected chi connectivity index (χ1v) is 4.34. The Kier molecular flexibility index (Phi) is 3.03. The average molecular weight is 195 g/mol. The summed E-state index contributed by atoms with van der Waals surface area (Å²) in [5, 5.41) is 10.6. The maximum absolute atomic E-state index is 10.6. The van der Waals surface area contributed by atoms with Crippen LogP contribution in [-0.2, 0) is 6.42 Å². The molecular weight excluding hydrogens is 182 g/mol. The van der Waals surface area contributed by atoms with Crippen molar-refractivity contribution in [2.24, 2.45) is 5.84 Å². The number of nitrogen functional groups attached to an aromatic ring is 1. The molecule has 0 aromatic heterocycles. The Balaban J connectivity index is 3.31. The number of nitrogens with zero attached hydrogens (tertiary/aromatic N) is 1. The van der Waals surface area contributed by atoms with E-state index in [1.54, 1.807) is 13.0 Å². The van der Waals surface area contributed by atoms with Gasteiger partial charge < -0.3 is 5.43 Å². The highest BCUT2D eigenvalue weighted by molar-refractivity contribution is 5.61. The molecule has 0 aliphatic rings. The highest BCUT2D eigenvalue weighted by atomic mass is 16.6. The van der Waals surface area contributed by atoms with Crippen LogP contribution >= 0.6 is 0 Å². The second-order valence-corrected chi connectivity index (χ2v) is 3.05. The quantitative estimate of drug-likeness (QED) is 0.437. The fourth-order valence-electron chi connectivity index (χ4n) is 1.43. The molecule has 0 radical (unpaired) electrons. The predicted octanol–water partition coefficient (Wildman–Crippen LogP) is 1.75. The summed E-state index contributed by atoms with van der Waals surface area (Å²) in [5.74, 6) is 5.33. The second-order valence-electron chi connectivity index (χ2n) is 3.05. The van der Waals surface area contributed by atoms with E-state index >= 15 is 0 Å². The number of rotatable bonds is 3. The summed E-state index contributed by atoms with van der Waals surface area (Å²) in [6, 6.07) is 3.05. The van der Waals surface area contributed by atoms with Gasteiger partial charge in [0.15, 0.2) is 0 Å². The van der Waals surface area contributed by atoms with Crippen molar-refractivity contribution in [1.29, 1.82) is 0 Å². The van der Waals surface area contributed by atoms with E-state index < -0.39 is 4.92 Å². The van der Waals surface area contributed by atoms with Crippen LogP contribution in [0.4, 0.5) is 11.4 Å². The topological polar surface area (TPSA) is 81.2 Å². The summed E-state index contributed by atoms with van der Waals surface area (Å²) < 4.78 is 0. The molecule has 0 heterocycles. The number of hydrazine groups is 1. The Morgan fingerprint density at radius 2 is 2.21 bits per heavy atom. The Bertz CT molecular complexity index is 363. The number of anilines is 1. The van der Waals surface area contributed by atoms with Gasteiger partial charge in [-0.25, -0.2) is 0 Å². The average Bonchev–Trinajstić information content (AvgIpc) is 2.16. The second kappa shape index (κ2) is 4.06. The van der Waals surface area contributed by atoms with Crippen molar-refractivity contribution in [1.82, 2.24) is 0 Å². The van der Waals surface area contributed by atoms with Crippen molar-refractivity contribution in [3.05, 3.63) is 33.4 Å². The van der Waals surface area contributed by atoms with Gasteiger partial charge in [-0.1, -0.05) is 6.92 Å².